The second-order valence-corrected chi connectivity index (χ2v) is 10.3. The number of carbonyl (C=O) groups is 1. The zero-order valence-electron chi connectivity index (χ0n) is 21.4. The maximum Gasteiger partial charge on any atom is 0.416 e. The lowest BCUT2D eigenvalue weighted by Gasteiger charge is -2.31. The summed E-state index contributed by atoms with van der Waals surface area (Å²) in [5.74, 6) is 1.21. The van der Waals surface area contributed by atoms with Crippen LogP contribution in [0.4, 0.5) is 13.2 Å². The molecule has 0 spiro atoms. The summed E-state index contributed by atoms with van der Waals surface area (Å²) in [6, 6.07) is 11.4. The molecule has 1 aliphatic carbocycles. The van der Waals surface area contributed by atoms with Crippen molar-refractivity contribution in [2.75, 3.05) is 40.3 Å². The van der Waals surface area contributed by atoms with Gasteiger partial charge < -0.3 is 14.5 Å². The molecular weight excluding hydrogens is 467 g/mol. The molecule has 196 valence electrons. The van der Waals surface area contributed by atoms with Crippen LogP contribution in [0.1, 0.15) is 42.0 Å². The molecule has 1 fully saturated rings. The number of fused-ring (bicyclic) bond motifs is 1. The number of ether oxygens (including phenoxy) is 1. The lowest BCUT2D eigenvalue weighted by molar-refractivity contribution is -0.142. The van der Waals surface area contributed by atoms with Gasteiger partial charge in [0.05, 0.1) is 5.56 Å². The Morgan fingerprint density at radius 3 is 2.56 bits per heavy atom. The summed E-state index contributed by atoms with van der Waals surface area (Å²) in [6.07, 6.45) is -1.79. The van der Waals surface area contributed by atoms with Crippen LogP contribution in [0, 0.1) is 5.92 Å². The molecule has 4 rings (SSSR count). The van der Waals surface area contributed by atoms with Gasteiger partial charge in [0.1, 0.15) is 5.75 Å². The molecule has 0 aromatic heterocycles. The van der Waals surface area contributed by atoms with Crippen LogP contribution in [0.15, 0.2) is 42.5 Å². The van der Waals surface area contributed by atoms with Gasteiger partial charge in [-0.15, -0.1) is 0 Å². The molecule has 0 bridgehead atoms. The van der Waals surface area contributed by atoms with E-state index in [-0.39, 0.29) is 18.0 Å². The van der Waals surface area contributed by atoms with Crippen molar-refractivity contribution in [3.63, 3.8) is 0 Å². The number of likely N-dealkylation sites (N-methyl/N-ethyl adjacent to an activating group) is 1. The minimum absolute atomic E-state index is 0.0807. The van der Waals surface area contributed by atoms with E-state index in [0.29, 0.717) is 18.8 Å². The number of benzene rings is 2. The zero-order valence-corrected chi connectivity index (χ0v) is 21.4. The van der Waals surface area contributed by atoms with Crippen molar-refractivity contribution >= 4 is 5.91 Å². The fourth-order valence-electron chi connectivity index (χ4n) is 4.79. The summed E-state index contributed by atoms with van der Waals surface area (Å²) < 4.78 is 46.9. The number of alkyl halides is 3. The van der Waals surface area contributed by atoms with Gasteiger partial charge in [0.2, 0.25) is 0 Å². The molecule has 0 radical (unpaired) electrons. The summed E-state index contributed by atoms with van der Waals surface area (Å²) >= 11 is 0. The summed E-state index contributed by atoms with van der Waals surface area (Å²) in [4.78, 5) is 19.3. The second kappa shape index (κ2) is 11.2. The van der Waals surface area contributed by atoms with Crippen LogP contribution in [-0.2, 0) is 30.5 Å². The number of amides is 1. The third-order valence-electron chi connectivity index (χ3n) is 6.98. The van der Waals surface area contributed by atoms with E-state index in [2.05, 4.69) is 11.0 Å². The SMILES string of the molecule is CC(Oc1cccc2c1CCN(CC1CC1)C2)C(=O)N(CCN(C)C)Cc1ccccc1C(F)(F)F. The highest BCUT2D eigenvalue weighted by Crippen LogP contribution is 2.34. The van der Waals surface area contributed by atoms with Crippen molar-refractivity contribution in [2.24, 2.45) is 5.92 Å². The predicted molar refractivity (Wildman–Crippen MR) is 134 cm³/mol. The molecule has 2 aliphatic rings. The molecule has 1 atom stereocenters. The highest BCUT2D eigenvalue weighted by Gasteiger charge is 2.34. The monoisotopic (exact) mass is 503 g/mol. The first-order valence-corrected chi connectivity index (χ1v) is 12.7. The quantitative estimate of drug-likeness (QED) is 0.465. The Bertz CT molecular complexity index is 1050. The van der Waals surface area contributed by atoms with Gasteiger partial charge in [0.15, 0.2) is 6.10 Å². The predicted octanol–water partition coefficient (Wildman–Crippen LogP) is 4.83. The molecule has 0 saturated heterocycles. The molecule has 2 aromatic rings. The summed E-state index contributed by atoms with van der Waals surface area (Å²) in [5, 5.41) is 0. The molecular formula is C28H36F3N3O2. The van der Waals surface area contributed by atoms with Crippen molar-refractivity contribution in [1.82, 2.24) is 14.7 Å². The van der Waals surface area contributed by atoms with E-state index in [1.165, 1.54) is 35.4 Å². The van der Waals surface area contributed by atoms with Crippen LogP contribution in [-0.4, -0.2) is 67.0 Å². The molecule has 5 nitrogen and oxygen atoms in total. The van der Waals surface area contributed by atoms with Crippen LogP contribution in [0.5, 0.6) is 5.75 Å². The topological polar surface area (TPSA) is 36.0 Å². The molecule has 1 saturated carbocycles. The van der Waals surface area contributed by atoms with Gasteiger partial charge in [-0.3, -0.25) is 9.69 Å². The summed E-state index contributed by atoms with van der Waals surface area (Å²) in [7, 11) is 3.74. The van der Waals surface area contributed by atoms with Crippen LogP contribution in [0.2, 0.25) is 0 Å². The normalized spacial score (nSPS) is 17.1. The van der Waals surface area contributed by atoms with Gasteiger partial charge >= 0.3 is 6.18 Å². The number of rotatable bonds is 10. The Labute approximate surface area is 211 Å². The van der Waals surface area contributed by atoms with E-state index in [1.807, 2.05) is 31.1 Å². The van der Waals surface area contributed by atoms with Crippen molar-refractivity contribution in [1.29, 1.82) is 0 Å². The molecule has 2 aromatic carbocycles. The van der Waals surface area contributed by atoms with E-state index < -0.39 is 17.8 Å². The van der Waals surface area contributed by atoms with Gasteiger partial charge in [-0.05, 0) is 75.0 Å². The second-order valence-electron chi connectivity index (χ2n) is 10.3. The Morgan fingerprint density at radius 1 is 1.11 bits per heavy atom. The standard InChI is InChI=1S/C28H36F3N3O2/c1-20(36-26-10-6-8-22-18-33(14-13-24(22)26)17-21-11-12-21)27(35)34(16-15-32(2)3)19-23-7-4-5-9-25(23)28(29,30)31/h4-10,20-21H,11-19H2,1-3H3. The van der Waals surface area contributed by atoms with E-state index in [9.17, 15) is 18.0 Å². The largest absolute Gasteiger partial charge is 0.481 e. The Morgan fingerprint density at radius 2 is 1.86 bits per heavy atom. The van der Waals surface area contributed by atoms with Crippen LogP contribution >= 0.6 is 0 Å². The van der Waals surface area contributed by atoms with Crippen LogP contribution < -0.4 is 4.74 Å². The van der Waals surface area contributed by atoms with E-state index in [4.69, 9.17) is 4.74 Å². The van der Waals surface area contributed by atoms with E-state index >= 15 is 0 Å². The van der Waals surface area contributed by atoms with E-state index in [0.717, 1.165) is 43.6 Å². The lowest BCUT2D eigenvalue weighted by atomic mass is 9.98. The third kappa shape index (κ3) is 6.79. The van der Waals surface area contributed by atoms with Gasteiger partial charge in [-0.1, -0.05) is 30.3 Å². The van der Waals surface area contributed by atoms with Gasteiger partial charge in [0.25, 0.3) is 5.91 Å². The molecule has 1 amide bonds. The number of hydrogen-bond acceptors (Lipinski definition) is 4. The molecule has 36 heavy (non-hydrogen) atoms. The van der Waals surface area contributed by atoms with Gasteiger partial charge in [0, 0.05) is 39.3 Å². The third-order valence-corrected chi connectivity index (χ3v) is 6.98. The molecule has 1 heterocycles. The Hall–Kier alpha value is -2.58. The maximum absolute atomic E-state index is 13.6. The minimum atomic E-state index is -4.48. The fourth-order valence-corrected chi connectivity index (χ4v) is 4.79. The molecule has 1 aliphatic heterocycles. The fraction of sp³-hybridized carbons (Fsp3) is 0.536. The number of nitrogens with zero attached hydrogens (tertiary/aromatic N) is 3. The van der Waals surface area contributed by atoms with Crippen molar-refractivity contribution < 1.29 is 22.7 Å². The van der Waals surface area contributed by atoms with E-state index in [1.54, 1.807) is 13.0 Å². The average Bonchev–Trinajstić information content (AvgIpc) is 3.65. The first kappa shape index (κ1) is 26.5. The number of carbonyl (C=O) groups excluding carboxylic acids is 1. The highest BCUT2D eigenvalue weighted by molar-refractivity contribution is 5.81. The van der Waals surface area contributed by atoms with Gasteiger partial charge in [-0.2, -0.15) is 13.2 Å². The van der Waals surface area contributed by atoms with Crippen LogP contribution in [0.25, 0.3) is 0 Å². The Balaban J connectivity index is 1.48. The Kier molecular flexibility index (Phi) is 8.25. The lowest BCUT2D eigenvalue weighted by Crippen LogP contribution is -2.43. The van der Waals surface area contributed by atoms with Gasteiger partial charge in [-0.25, -0.2) is 0 Å². The molecule has 8 heteroatoms. The molecule has 0 N–H and O–H groups in total. The van der Waals surface area contributed by atoms with Crippen molar-refractivity contribution in [2.45, 2.75) is 51.6 Å². The van der Waals surface area contributed by atoms with Crippen LogP contribution in [0.3, 0.4) is 0 Å². The smallest absolute Gasteiger partial charge is 0.416 e. The highest BCUT2D eigenvalue weighted by atomic mass is 19.4. The summed E-state index contributed by atoms with van der Waals surface area (Å²) in [6.45, 7) is 5.38. The number of hydrogen-bond donors (Lipinski definition) is 0. The first-order valence-electron chi connectivity index (χ1n) is 12.7. The average molecular weight is 504 g/mol. The summed E-state index contributed by atoms with van der Waals surface area (Å²) in [5.41, 5.74) is 1.72. The number of halogens is 3. The first-order chi connectivity index (χ1) is 17.1. The molecule has 1 unspecified atom stereocenters. The van der Waals surface area contributed by atoms with Crippen molar-refractivity contribution in [3.05, 3.63) is 64.7 Å². The maximum atomic E-state index is 13.6. The minimum Gasteiger partial charge on any atom is -0.481 e. The zero-order chi connectivity index (χ0) is 25.9. The van der Waals surface area contributed by atoms with Crippen molar-refractivity contribution in [3.8, 4) is 5.75 Å².